The molecule has 2 rings (SSSR count). The number of para-hydroxylation sites is 2. The molecule has 3 heteroatoms. The van der Waals surface area contributed by atoms with E-state index in [1.54, 1.807) is 0 Å². The molecule has 1 aromatic heterocycles. The highest BCUT2D eigenvalue weighted by Gasteiger charge is 2.03. The van der Waals surface area contributed by atoms with Crippen LogP contribution in [0.25, 0.3) is 11.0 Å². The van der Waals surface area contributed by atoms with Crippen LogP contribution in [-0.4, -0.2) is 16.6 Å². The van der Waals surface area contributed by atoms with Gasteiger partial charge in [0.1, 0.15) is 0 Å². The topological polar surface area (TPSA) is 35.0 Å². The highest BCUT2D eigenvalue weighted by atomic mass is 16.5. The van der Waals surface area contributed by atoms with Gasteiger partial charge in [-0.3, -0.25) is 0 Å². The van der Waals surface area contributed by atoms with Crippen LogP contribution in [0.4, 0.5) is 0 Å². The Hall–Kier alpha value is -1.48. The summed E-state index contributed by atoms with van der Waals surface area (Å²) < 4.78 is 5.35. The lowest BCUT2D eigenvalue weighted by Gasteiger charge is -2.05. The highest BCUT2D eigenvalue weighted by molar-refractivity contribution is 5.74. The molecule has 0 aliphatic carbocycles. The first-order chi connectivity index (χ1) is 7.31. The minimum atomic E-state index is 0.542. The molecule has 0 atom stereocenters. The van der Waals surface area contributed by atoms with Gasteiger partial charge in [0.2, 0.25) is 0 Å². The first-order valence-corrected chi connectivity index (χ1v) is 5.11. The molecule has 1 aromatic carbocycles. The second-order valence-corrected chi connectivity index (χ2v) is 3.38. The minimum absolute atomic E-state index is 0.542. The molecule has 0 fully saturated rings. The van der Waals surface area contributed by atoms with Crippen LogP contribution >= 0.6 is 0 Å². The first kappa shape index (κ1) is 10.1. The molecular formula is C12H14N2O. The largest absolute Gasteiger partial charge is 0.375 e. The monoisotopic (exact) mass is 202 g/mol. The predicted octanol–water partition coefficient (Wildman–Crippen LogP) is 2.47. The normalized spacial score (nSPS) is 10.8. The van der Waals surface area contributed by atoms with E-state index in [9.17, 15) is 0 Å². The van der Waals surface area contributed by atoms with E-state index < -0.39 is 0 Å². The summed E-state index contributed by atoms with van der Waals surface area (Å²) in [4.78, 5) is 9.01. The first-order valence-electron chi connectivity index (χ1n) is 5.11. The average Bonchev–Trinajstić information content (AvgIpc) is 2.26. The Morgan fingerprint density at radius 3 is 2.47 bits per heavy atom. The third kappa shape index (κ3) is 2.13. The van der Waals surface area contributed by atoms with Crippen molar-refractivity contribution in [2.45, 2.75) is 20.5 Å². The molecule has 0 radical (unpaired) electrons. The fraction of sp³-hybridized carbons (Fsp3) is 0.333. The van der Waals surface area contributed by atoms with E-state index >= 15 is 0 Å². The van der Waals surface area contributed by atoms with Crippen molar-refractivity contribution in [1.29, 1.82) is 0 Å². The number of hydrogen-bond acceptors (Lipinski definition) is 3. The van der Waals surface area contributed by atoms with Gasteiger partial charge in [-0.2, -0.15) is 0 Å². The summed E-state index contributed by atoms with van der Waals surface area (Å²) in [7, 11) is 0. The molecule has 0 bridgehead atoms. The molecule has 0 saturated heterocycles. The third-order valence-corrected chi connectivity index (χ3v) is 2.29. The smallest absolute Gasteiger partial charge is 0.0906 e. The van der Waals surface area contributed by atoms with Gasteiger partial charge in [-0.1, -0.05) is 12.1 Å². The van der Waals surface area contributed by atoms with Crippen LogP contribution < -0.4 is 0 Å². The Balaban J connectivity index is 2.43. The third-order valence-electron chi connectivity index (χ3n) is 2.29. The Kier molecular flexibility index (Phi) is 2.92. The zero-order valence-corrected chi connectivity index (χ0v) is 9.03. The molecule has 0 aliphatic rings. The SMILES string of the molecule is CCOCc1nc2ccccc2nc1C. The van der Waals surface area contributed by atoms with Crippen LogP contribution in [0.2, 0.25) is 0 Å². The number of aromatic nitrogens is 2. The molecule has 1 heterocycles. The molecule has 0 unspecified atom stereocenters. The molecule has 15 heavy (non-hydrogen) atoms. The molecule has 3 nitrogen and oxygen atoms in total. The summed E-state index contributed by atoms with van der Waals surface area (Å²) in [6, 6.07) is 7.88. The molecule has 0 amide bonds. The van der Waals surface area contributed by atoms with Crippen LogP contribution in [0.3, 0.4) is 0 Å². The van der Waals surface area contributed by atoms with Crippen molar-refractivity contribution < 1.29 is 4.74 Å². The molecule has 0 saturated carbocycles. The van der Waals surface area contributed by atoms with E-state index in [-0.39, 0.29) is 0 Å². The summed E-state index contributed by atoms with van der Waals surface area (Å²) in [5.74, 6) is 0. The van der Waals surface area contributed by atoms with Gasteiger partial charge in [0, 0.05) is 6.61 Å². The van der Waals surface area contributed by atoms with E-state index in [4.69, 9.17) is 4.74 Å². The lowest BCUT2D eigenvalue weighted by molar-refractivity contribution is 0.131. The molecule has 0 N–H and O–H groups in total. The zero-order valence-electron chi connectivity index (χ0n) is 9.03. The van der Waals surface area contributed by atoms with Crippen molar-refractivity contribution in [3.05, 3.63) is 35.7 Å². The van der Waals surface area contributed by atoms with Crippen molar-refractivity contribution in [2.24, 2.45) is 0 Å². The number of rotatable bonds is 3. The van der Waals surface area contributed by atoms with Crippen LogP contribution in [0.15, 0.2) is 24.3 Å². The number of fused-ring (bicyclic) bond motifs is 1. The second kappa shape index (κ2) is 4.36. The van der Waals surface area contributed by atoms with Crippen molar-refractivity contribution in [2.75, 3.05) is 6.61 Å². The minimum Gasteiger partial charge on any atom is -0.375 e. The summed E-state index contributed by atoms with van der Waals surface area (Å²) in [6.07, 6.45) is 0. The fourth-order valence-corrected chi connectivity index (χ4v) is 1.46. The van der Waals surface area contributed by atoms with E-state index in [0.29, 0.717) is 13.2 Å². The fourth-order valence-electron chi connectivity index (χ4n) is 1.46. The summed E-state index contributed by atoms with van der Waals surface area (Å²) in [5.41, 5.74) is 3.74. The van der Waals surface area contributed by atoms with Gasteiger partial charge in [0.25, 0.3) is 0 Å². The molecular weight excluding hydrogens is 188 g/mol. The van der Waals surface area contributed by atoms with Gasteiger partial charge in [0.05, 0.1) is 29.0 Å². The molecule has 2 aromatic rings. The zero-order chi connectivity index (χ0) is 10.7. The van der Waals surface area contributed by atoms with Gasteiger partial charge in [-0.05, 0) is 26.0 Å². The predicted molar refractivity (Wildman–Crippen MR) is 59.6 cm³/mol. The van der Waals surface area contributed by atoms with Crippen molar-refractivity contribution in [3.63, 3.8) is 0 Å². The van der Waals surface area contributed by atoms with Gasteiger partial charge in [0.15, 0.2) is 0 Å². The second-order valence-electron chi connectivity index (χ2n) is 3.38. The van der Waals surface area contributed by atoms with E-state index in [1.807, 2.05) is 38.1 Å². The number of nitrogens with zero attached hydrogens (tertiary/aromatic N) is 2. The Morgan fingerprint density at radius 1 is 1.13 bits per heavy atom. The Labute approximate surface area is 89.1 Å². The van der Waals surface area contributed by atoms with Crippen molar-refractivity contribution >= 4 is 11.0 Å². The number of ether oxygens (including phenoxy) is 1. The Morgan fingerprint density at radius 2 is 1.80 bits per heavy atom. The van der Waals surface area contributed by atoms with Crippen LogP contribution in [0.5, 0.6) is 0 Å². The number of aryl methyl sites for hydroxylation is 1. The lowest BCUT2D eigenvalue weighted by atomic mass is 10.2. The maximum Gasteiger partial charge on any atom is 0.0906 e. The van der Waals surface area contributed by atoms with Crippen LogP contribution in [-0.2, 0) is 11.3 Å². The van der Waals surface area contributed by atoms with E-state index in [0.717, 1.165) is 22.4 Å². The van der Waals surface area contributed by atoms with E-state index in [1.165, 1.54) is 0 Å². The standard InChI is InChI=1S/C12H14N2O/c1-3-15-8-12-9(2)13-10-6-4-5-7-11(10)14-12/h4-7H,3,8H2,1-2H3. The maximum atomic E-state index is 5.35. The average molecular weight is 202 g/mol. The molecule has 0 aliphatic heterocycles. The molecule has 0 spiro atoms. The van der Waals surface area contributed by atoms with Crippen LogP contribution in [0.1, 0.15) is 18.3 Å². The van der Waals surface area contributed by atoms with Gasteiger partial charge >= 0.3 is 0 Å². The van der Waals surface area contributed by atoms with Gasteiger partial charge in [-0.15, -0.1) is 0 Å². The Bertz CT molecular complexity index is 468. The highest BCUT2D eigenvalue weighted by Crippen LogP contribution is 2.12. The summed E-state index contributed by atoms with van der Waals surface area (Å²) >= 11 is 0. The van der Waals surface area contributed by atoms with E-state index in [2.05, 4.69) is 9.97 Å². The summed E-state index contributed by atoms with van der Waals surface area (Å²) in [5, 5.41) is 0. The number of benzene rings is 1. The van der Waals surface area contributed by atoms with Crippen molar-refractivity contribution in [1.82, 2.24) is 9.97 Å². The van der Waals surface area contributed by atoms with Gasteiger partial charge < -0.3 is 4.74 Å². The van der Waals surface area contributed by atoms with Crippen LogP contribution in [0, 0.1) is 6.92 Å². The van der Waals surface area contributed by atoms with Gasteiger partial charge in [-0.25, -0.2) is 9.97 Å². The van der Waals surface area contributed by atoms with Crippen molar-refractivity contribution in [3.8, 4) is 0 Å². The lowest BCUT2D eigenvalue weighted by Crippen LogP contribution is -2.01. The molecule has 78 valence electrons. The quantitative estimate of drug-likeness (QED) is 0.767. The summed E-state index contributed by atoms with van der Waals surface area (Å²) in [6.45, 7) is 5.19. The maximum absolute atomic E-state index is 5.35. The number of hydrogen-bond donors (Lipinski definition) is 0.